The van der Waals surface area contributed by atoms with Crippen LogP contribution < -0.4 is 0 Å². The van der Waals surface area contributed by atoms with Crippen LogP contribution in [0.4, 0.5) is 0 Å². The molecule has 1 heterocycles. The first-order chi connectivity index (χ1) is 22.7. The third-order valence-corrected chi connectivity index (χ3v) is 7.00. The van der Waals surface area contributed by atoms with Gasteiger partial charge in [0.2, 0.25) is 0 Å². The molecular formula is C32H54O16. The lowest BCUT2D eigenvalue weighted by molar-refractivity contribution is -0.173. The number of aliphatic hydroxyl groups is 2. The second kappa shape index (κ2) is 23.5. The van der Waals surface area contributed by atoms with Gasteiger partial charge in [-0.3, -0.25) is 19.2 Å². The molecular weight excluding hydrogens is 640 g/mol. The first-order valence-corrected chi connectivity index (χ1v) is 16.1. The number of ether oxygens (including phenoxy) is 9. The van der Waals surface area contributed by atoms with Gasteiger partial charge in [0.15, 0.2) is 6.10 Å². The topological polar surface area (TPSA) is 212 Å². The Labute approximate surface area is 281 Å². The second-order valence-corrected chi connectivity index (χ2v) is 12.1. The summed E-state index contributed by atoms with van der Waals surface area (Å²) in [5.41, 5.74) is 0. The minimum absolute atomic E-state index is 0.154. The smallest absolute Gasteiger partial charge is 0.335 e. The number of methoxy groups -OCH3 is 2. The number of epoxide rings is 1. The fraction of sp³-hybridized carbons (Fsp3) is 0.844. The van der Waals surface area contributed by atoms with Crippen molar-refractivity contribution in [3.63, 3.8) is 0 Å². The molecule has 0 bridgehead atoms. The van der Waals surface area contributed by atoms with Gasteiger partial charge in [-0.1, -0.05) is 13.8 Å². The molecule has 0 amide bonds. The summed E-state index contributed by atoms with van der Waals surface area (Å²) < 4.78 is 47.0. The first kappa shape index (κ1) is 43.1. The zero-order valence-corrected chi connectivity index (χ0v) is 29.1. The van der Waals surface area contributed by atoms with Crippen LogP contribution in [0, 0.1) is 23.7 Å². The predicted octanol–water partition coefficient (Wildman–Crippen LogP) is 0.604. The summed E-state index contributed by atoms with van der Waals surface area (Å²) in [6, 6.07) is 0. The van der Waals surface area contributed by atoms with E-state index in [2.05, 4.69) is 0 Å². The highest BCUT2D eigenvalue weighted by Crippen LogP contribution is 2.27. The van der Waals surface area contributed by atoms with E-state index >= 15 is 0 Å². The van der Waals surface area contributed by atoms with Crippen LogP contribution in [0.15, 0.2) is 0 Å². The molecule has 0 aromatic heterocycles. The van der Waals surface area contributed by atoms with E-state index in [0.29, 0.717) is 26.2 Å². The highest BCUT2D eigenvalue weighted by Gasteiger charge is 2.41. The maximum atomic E-state index is 13.4. The molecule has 0 saturated carbocycles. The molecule has 278 valence electrons. The van der Waals surface area contributed by atoms with E-state index in [4.69, 9.17) is 42.6 Å². The van der Waals surface area contributed by atoms with Crippen molar-refractivity contribution in [2.24, 2.45) is 23.7 Å². The Hall–Kier alpha value is -2.89. The van der Waals surface area contributed by atoms with Crippen LogP contribution in [-0.4, -0.2) is 138 Å². The van der Waals surface area contributed by atoms with Crippen LogP contribution in [0.2, 0.25) is 0 Å². The van der Waals surface area contributed by atoms with Crippen molar-refractivity contribution in [3.8, 4) is 0 Å². The SMILES string of the molecule is COC(=O)C(OCCC(C(=O)OCC(C)O)C(CC(=O)OC(C)C)C(=O)OCC(O)COCCCOCC1CO1)C(C(=O)OC)C(C)C. The van der Waals surface area contributed by atoms with E-state index in [0.717, 1.165) is 14.2 Å². The zero-order chi connectivity index (χ0) is 36.2. The maximum absolute atomic E-state index is 13.4. The largest absolute Gasteiger partial charge is 0.469 e. The molecule has 48 heavy (non-hydrogen) atoms. The lowest BCUT2D eigenvalue weighted by Gasteiger charge is -2.28. The molecule has 7 atom stereocenters. The Morgan fingerprint density at radius 2 is 1.38 bits per heavy atom. The molecule has 1 aliphatic heterocycles. The number of aliphatic hydroxyl groups excluding tert-OH is 2. The molecule has 7 unspecified atom stereocenters. The van der Waals surface area contributed by atoms with Gasteiger partial charge in [-0.25, -0.2) is 4.79 Å². The van der Waals surface area contributed by atoms with Crippen LogP contribution >= 0.6 is 0 Å². The van der Waals surface area contributed by atoms with Gasteiger partial charge in [0.05, 0.1) is 70.4 Å². The number of esters is 5. The molecule has 2 N–H and O–H groups in total. The van der Waals surface area contributed by atoms with Crippen molar-refractivity contribution >= 4 is 29.8 Å². The van der Waals surface area contributed by atoms with Gasteiger partial charge in [0, 0.05) is 19.8 Å². The standard InChI is InChI=1S/C32H54O16/c1-19(2)27(31(38)40-6)28(32(39)41-7)44-12-9-24(29(36)46-14-21(5)33)25(13-26(35)48-20(3)4)30(37)47-16-22(34)15-42-10-8-11-43-17-23-18-45-23/h19-25,27-28,33-34H,8-18H2,1-7H3. The minimum Gasteiger partial charge on any atom is -0.469 e. The summed E-state index contributed by atoms with van der Waals surface area (Å²) in [6.07, 6.45) is -4.34. The Bertz CT molecular complexity index is 979. The van der Waals surface area contributed by atoms with Gasteiger partial charge in [0.25, 0.3) is 0 Å². The molecule has 0 spiro atoms. The Morgan fingerprint density at radius 3 is 1.94 bits per heavy atom. The summed E-state index contributed by atoms with van der Waals surface area (Å²) >= 11 is 0. The third kappa shape index (κ3) is 17.5. The number of carbonyl (C=O) groups is 5. The number of hydrogen-bond donors (Lipinski definition) is 2. The number of carbonyl (C=O) groups excluding carboxylic acids is 5. The average Bonchev–Trinajstić information content (AvgIpc) is 3.85. The van der Waals surface area contributed by atoms with E-state index in [-0.39, 0.29) is 32.3 Å². The van der Waals surface area contributed by atoms with Crippen LogP contribution in [-0.2, 0) is 66.6 Å². The molecule has 16 heteroatoms. The lowest BCUT2D eigenvalue weighted by Crippen LogP contribution is -2.42. The molecule has 0 radical (unpaired) electrons. The van der Waals surface area contributed by atoms with Gasteiger partial charge in [-0.15, -0.1) is 0 Å². The maximum Gasteiger partial charge on any atom is 0.335 e. The molecule has 1 saturated heterocycles. The second-order valence-electron chi connectivity index (χ2n) is 12.1. The van der Waals surface area contributed by atoms with Crippen molar-refractivity contribution in [1.82, 2.24) is 0 Å². The fourth-order valence-corrected chi connectivity index (χ4v) is 4.51. The summed E-state index contributed by atoms with van der Waals surface area (Å²) in [4.78, 5) is 64.5. The van der Waals surface area contributed by atoms with Gasteiger partial charge >= 0.3 is 29.8 Å². The highest BCUT2D eigenvalue weighted by molar-refractivity contribution is 5.86. The monoisotopic (exact) mass is 694 g/mol. The van der Waals surface area contributed by atoms with E-state index < -0.39 is 97.6 Å². The predicted molar refractivity (Wildman–Crippen MR) is 165 cm³/mol. The third-order valence-electron chi connectivity index (χ3n) is 7.00. The minimum atomic E-state index is -1.47. The van der Waals surface area contributed by atoms with Crippen LogP contribution in [0.1, 0.15) is 53.9 Å². The molecule has 1 aliphatic rings. The Kier molecular flexibility index (Phi) is 21.1. The van der Waals surface area contributed by atoms with Gasteiger partial charge in [-0.05, 0) is 39.5 Å². The summed E-state index contributed by atoms with van der Waals surface area (Å²) in [5, 5.41) is 20.0. The normalized spacial score (nSPS) is 17.9. The van der Waals surface area contributed by atoms with Crippen LogP contribution in [0.5, 0.6) is 0 Å². The number of hydrogen-bond acceptors (Lipinski definition) is 16. The van der Waals surface area contributed by atoms with E-state index in [1.54, 1.807) is 27.7 Å². The van der Waals surface area contributed by atoms with Crippen molar-refractivity contribution in [3.05, 3.63) is 0 Å². The first-order valence-electron chi connectivity index (χ1n) is 16.1. The van der Waals surface area contributed by atoms with Gasteiger partial charge in [-0.2, -0.15) is 0 Å². The molecule has 0 aromatic carbocycles. The van der Waals surface area contributed by atoms with Crippen molar-refractivity contribution in [1.29, 1.82) is 0 Å². The van der Waals surface area contributed by atoms with Crippen molar-refractivity contribution < 1.29 is 76.8 Å². The molecule has 1 fully saturated rings. The van der Waals surface area contributed by atoms with Crippen molar-refractivity contribution in [2.75, 3.05) is 67.1 Å². The van der Waals surface area contributed by atoms with Crippen molar-refractivity contribution in [2.45, 2.75) is 84.4 Å². The van der Waals surface area contributed by atoms with E-state index in [1.165, 1.54) is 6.92 Å². The Balaban J connectivity index is 3.05. The van der Waals surface area contributed by atoms with Crippen LogP contribution in [0.3, 0.4) is 0 Å². The Morgan fingerprint density at radius 1 is 0.771 bits per heavy atom. The van der Waals surface area contributed by atoms with E-state index in [9.17, 15) is 34.2 Å². The van der Waals surface area contributed by atoms with E-state index in [1.807, 2.05) is 0 Å². The molecule has 0 aromatic rings. The summed E-state index contributed by atoms with van der Waals surface area (Å²) in [6.45, 7) is 8.49. The number of rotatable bonds is 26. The quantitative estimate of drug-likeness (QED) is 0.0549. The van der Waals surface area contributed by atoms with Crippen LogP contribution in [0.25, 0.3) is 0 Å². The zero-order valence-electron chi connectivity index (χ0n) is 29.1. The average molecular weight is 695 g/mol. The molecule has 0 aliphatic carbocycles. The summed E-state index contributed by atoms with van der Waals surface area (Å²) in [7, 11) is 2.29. The van der Waals surface area contributed by atoms with Gasteiger partial charge in [0.1, 0.15) is 25.4 Å². The molecule has 1 rings (SSSR count). The van der Waals surface area contributed by atoms with Gasteiger partial charge < -0.3 is 52.8 Å². The highest BCUT2D eigenvalue weighted by atomic mass is 16.6. The fourth-order valence-electron chi connectivity index (χ4n) is 4.51. The molecule has 16 nitrogen and oxygen atoms in total. The summed E-state index contributed by atoms with van der Waals surface area (Å²) in [5.74, 6) is -8.68. The lowest BCUT2D eigenvalue weighted by atomic mass is 9.86.